The standard InChI is InChI=1S/C22H29F2N5O/c1-14(2)25-21-22(27-19-13-28(3)9-8-18(19)26-21)29-10-6-16(7-11-29)30-20-5-4-15(23)12-17(20)24/h4-5,12,14,16H,6-11,13H2,1-3H3,(H,25,26). The first kappa shape index (κ1) is 20.8. The van der Waals surface area contributed by atoms with E-state index in [2.05, 4.69) is 36.0 Å². The Kier molecular flexibility index (Phi) is 6.04. The number of fused-ring (bicyclic) bond motifs is 1. The highest BCUT2D eigenvalue weighted by molar-refractivity contribution is 5.62. The smallest absolute Gasteiger partial charge is 0.172 e. The van der Waals surface area contributed by atoms with Crippen molar-refractivity contribution in [2.75, 3.05) is 36.9 Å². The minimum Gasteiger partial charge on any atom is -0.487 e. The third-order valence-electron chi connectivity index (χ3n) is 5.54. The second kappa shape index (κ2) is 8.71. The second-order valence-corrected chi connectivity index (χ2v) is 8.46. The van der Waals surface area contributed by atoms with Crippen LogP contribution in [0.2, 0.25) is 0 Å². The van der Waals surface area contributed by atoms with Crippen LogP contribution in [0.3, 0.4) is 0 Å². The summed E-state index contributed by atoms with van der Waals surface area (Å²) in [4.78, 5) is 14.4. The van der Waals surface area contributed by atoms with Crippen molar-refractivity contribution in [3.8, 4) is 5.75 Å². The quantitative estimate of drug-likeness (QED) is 0.802. The van der Waals surface area contributed by atoms with Crippen molar-refractivity contribution in [1.29, 1.82) is 0 Å². The molecule has 3 heterocycles. The van der Waals surface area contributed by atoms with Crippen LogP contribution in [0.1, 0.15) is 38.1 Å². The molecule has 6 nitrogen and oxygen atoms in total. The monoisotopic (exact) mass is 417 g/mol. The van der Waals surface area contributed by atoms with Gasteiger partial charge in [-0.2, -0.15) is 0 Å². The molecule has 162 valence electrons. The zero-order valence-corrected chi connectivity index (χ0v) is 17.8. The zero-order valence-electron chi connectivity index (χ0n) is 17.8. The van der Waals surface area contributed by atoms with Gasteiger partial charge in [-0.15, -0.1) is 0 Å². The molecule has 2 aromatic rings. The average molecular weight is 418 g/mol. The number of ether oxygens (including phenoxy) is 1. The number of hydrogen-bond acceptors (Lipinski definition) is 6. The predicted molar refractivity (Wildman–Crippen MR) is 113 cm³/mol. The van der Waals surface area contributed by atoms with Crippen LogP contribution in [0.5, 0.6) is 5.75 Å². The predicted octanol–water partition coefficient (Wildman–Crippen LogP) is 3.61. The van der Waals surface area contributed by atoms with Crippen LogP contribution >= 0.6 is 0 Å². The molecule has 0 radical (unpaired) electrons. The molecular weight excluding hydrogens is 388 g/mol. The van der Waals surface area contributed by atoms with Gasteiger partial charge >= 0.3 is 0 Å². The molecule has 0 bridgehead atoms. The SMILES string of the molecule is CC(C)Nc1nc2c(nc1N1CCC(Oc3ccc(F)cc3F)CC1)CN(C)CC2. The normalized spacial score (nSPS) is 17.9. The Balaban J connectivity index is 1.48. The van der Waals surface area contributed by atoms with Crippen LogP contribution in [-0.4, -0.2) is 53.7 Å². The molecule has 2 aliphatic heterocycles. The molecule has 1 aromatic heterocycles. The Bertz CT molecular complexity index is 899. The first-order chi connectivity index (χ1) is 14.4. The van der Waals surface area contributed by atoms with Gasteiger partial charge in [-0.25, -0.2) is 18.7 Å². The lowest BCUT2D eigenvalue weighted by Gasteiger charge is -2.35. The third-order valence-corrected chi connectivity index (χ3v) is 5.54. The number of nitrogens with zero attached hydrogens (tertiary/aromatic N) is 4. The summed E-state index contributed by atoms with van der Waals surface area (Å²) in [5.74, 6) is 0.553. The van der Waals surface area contributed by atoms with E-state index in [-0.39, 0.29) is 17.9 Å². The number of rotatable bonds is 5. The van der Waals surface area contributed by atoms with Crippen LogP contribution < -0.4 is 15.0 Å². The van der Waals surface area contributed by atoms with E-state index in [9.17, 15) is 8.78 Å². The highest BCUT2D eigenvalue weighted by atomic mass is 19.1. The van der Waals surface area contributed by atoms with E-state index in [1.807, 2.05) is 0 Å². The number of hydrogen-bond donors (Lipinski definition) is 1. The third kappa shape index (κ3) is 4.64. The molecule has 1 saturated heterocycles. The molecule has 2 aliphatic rings. The molecule has 0 amide bonds. The molecule has 8 heteroatoms. The number of halogens is 2. The van der Waals surface area contributed by atoms with Crippen molar-refractivity contribution in [3.63, 3.8) is 0 Å². The molecule has 0 atom stereocenters. The minimum atomic E-state index is -0.662. The van der Waals surface area contributed by atoms with E-state index in [1.165, 1.54) is 12.1 Å². The lowest BCUT2D eigenvalue weighted by atomic mass is 10.1. The molecule has 1 fully saturated rings. The fraction of sp³-hybridized carbons (Fsp3) is 0.545. The van der Waals surface area contributed by atoms with Crippen molar-refractivity contribution in [2.45, 2.75) is 51.8 Å². The number of nitrogens with one attached hydrogen (secondary N) is 1. The van der Waals surface area contributed by atoms with Gasteiger partial charge in [0.2, 0.25) is 0 Å². The second-order valence-electron chi connectivity index (χ2n) is 8.46. The van der Waals surface area contributed by atoms with Crippen LogP contribution in [0.15, 0.2) is 18.2 Å². The molecule has 30 heavy (non-hydrogen) atoms. The van der Waals surface area contributed by atoms with Gasteiger partial charge in [-0.05, 0) is 33.0 Å². The van der Waals surface area contributed by atoms with Gasteiger partial charge in [0, 0.05) is 57.5 Å². The van der Waals surface area contributed by atoms with Gasteiger partial charge in [0.25, 0.3) is 0 Å². The number of benzene rings is 1. The van der Waals surface area contributed by atoms with Crippen molar-refractivity contribution < 1.29 is 13.5 Å². The molecule has 1 N–H and O–H groups in total. The van der Waals surface area contributed by atoms with Crippen LogP contribution in [-0.2, 0) is 13.0 Å². The Hall–Kier alpha value is -2.48. The maximum Gasteiger partial charge on any atom is 0.172 e. The Morgan fingerprint density at radius 2 is 1.87 bits per heavy atom. The first-order valence-electron chi connectivity index (χ1n) is 10.6. The van der Waals surface area contributed by atoms with Crippen LogP contribution in [0.25, 0.3) is 0 Å². The highest BCUT2D eigenvalue weighted by Crippen LogP contribution is 2.30. The molecule has 1 aromatic carbocycles. The van der Waals surface area contributed by atoms with E-state index < -0.39 is 11.6 Å². The summed E-state index contributed by atoms with van der Waals surface area (Å²) in [6.45, 7) is 7.46. The number of piperidine rings is 1. The Morgan fingerprint density at radius 1 is 1.10 bits per heavy atom. The van der Waals surface area contributed by atoms with E-state index >= 15 is 0 Å². The van der Waals surface area contributed by atoms with Gasteiger partial charge in [0.1, 0.15) is 11.9 Å². The molecule has 0 unspecified atom stereocenters. The van der Waals surface area contributed by atoms with E-state index in [4.69, 9.17) is 14.7 Å². The summed E-state index contributed by atoms with van der Waals surface area (Å²) in [6, 6.07) is 3.68. The zero-order chi connectivity index (χ0) is 21.3. The molecular formula is C22H29F2N5O. The summed E-state index contributed by atoms with van der Waals surface area (Å²) in [7, 11) is 2.10. The largest absolute Gasteiger partial charge is 0.487 e. The summed E-state index contributed by atoms with van der Waals surface area (Å²) in [5.41, 5.74) is 2.12. The van der Waals surface area contributed by atoms with Gasteiger partial charge in [0.05, 0.1) is 11.4 Å². The Labute approximate surface area is 176 Å². The fourth-order valence-corrected chi connectivity index (χ4v) is 3.98. The summed E-state index contributed by atoms with van der Waals surface area (Å²) < 4.78 is 32.8. The van der Waals surface area contributed by atoms with E-state index in [0.29, 0.717) is 0 Å². The number of anilines is 2. The van der Waals surface area contributed by atoms with E-state index in [1.54, 1.807) is 0 Å². The number of likely N-dealkylation sites (N-methyl/N-ethyl adjacent to an activating group) is 1. The Morgan fingerprint density at radius 3 is 2.57 bits per heavy atom. The number of aromatic nitrogens is 2. The maximum absolute atomic E-state index is 13.9. The first-order valence-corrected chi connectivity index (χ1v) is 10.6. The molecule has 0 aliphatic carbocycles. The highest BCUT2D eigenvalue weighted by Gasteiger charge is 2.27. The average Bonchev–Trinajstić information content (AvgIpc) is 2.70. The molecule has 0 saturated carbocycles. The van der Waals surface area contributed by atoms with Gasteiger partial charge in [-0.1, -0.05) is 0 Å². The molecule has 4 rings (SSSR count). The van der Waals surface area contributed by atoms with E-state index in [0.717, 1.165) is 74.5 Å². The van der Waals surface area contributed by atoms with Crippen LogP contribution in [0, 0.1) is 11.6 Å². The lowest BCUT2D eigenvalue weighted by Crippen LogP contribution is -2.40. The van der Waals surface area contributed by atoms with Crippen molar-refractivity contribution in [1.82, 2.24) is 14.9 Å². The van der Waals surface area contributed by atoms with Gasteiger partial charge < -0.3 is 19.9 Å². The van der Waals surface area contributed by atoms with Gasteiger partial charge in [-0.3, -0.25) is 0 Å². The van der Waals surface area contributed by atoms with Crippen molar-refractivity contribution in [3.05, 3.63) is 41.2 Å². The fourth-order valence-electron chi connectivity index (χ4n) is 3.98. The lowest BCUT2D eigenvalue weighted by molar-refractivity contribution is 0.163. The van der Waals surface area contributed by atoms with Gasteiger partial charge in [0.15, 0.2) is 23.2 Å². The van der Waals surface area contributed by atoms with Crippen LogP contribution in [0.4, 0.5) is 20.4 Å². The maximum atomic E-state index is 13.9. The summed E-state index contributed by atoms with van der Waals surface area (Å²) >= 11 is 0. The van der Waals surface area contributed by atoms with Crippen molar-refractivity contribution >= 4 is 11.6 Å². The summed E-state index contributed by atoms with van der Waals surface area (Å²) in [5, 5.41) is 3.45. The minimum absolute atomic E-state index is 0.105. The van der Waals surface area contributed by atoms with Crippen molar-refractivity contribution in [2.24, 2.45) is 0 Å². The summed E-state index contributed by atoms with van der Waals surface area (Å²) in [6.07, 6.45) is 2.26. The molecule has 0 spiro atoms. The topological polar surface area (TPSA) is 53.5 Å².